The van der Waals surface area contributed by atoms with E-state index >= 15 is 0 Å². The van der Waals surface area contributed by atoms with Gasteiger partial charge < -0.3 is 0 Å². The van der Waals surface area contributed by atoms with Crippen molar-refractivity contribution in [1.29, 1.82) is 0 Å². The van der Waals surface area contributed by atoms with E-state index in [9.17, 15) is 4.79 Å². The number of anilines is 2. The van der Waals surface area contributed by atoms with E-state index in [4.69, 9.17) is 0 Å². The van der Waals surface area contributed by atoms with Gasteiger partial charge in [0.15, 0.2) is 0 Å². The van der Waals surface area contributed by atoms with Gasteiger partial charge >= 0.3 is 0 Å². The molecule has 0 spiro atoms. The highest BCUT2D eigenvalue weighted by Crippen LogP contribution is 2.36. The summed E-state index contributed by atoms with van der Waals surface area (Å²) in [6.07, 6.45) is 7.87. The highest BCUT2D eigenvalue weighted by Gasteiger charge is 2.25. The van der Waals surface area contributed by atoms with E-state index in [1.807, 2.05) is 41.3 Å². The predicted molar refractivity (Wildman–Crippen MR) is 106 cm³/mol. The lowest BCUT2D eigenvalue weighted by atomic mass is 10.1. The van der Waals surface area contributed by atoms with Crippen LogP contribution in [0.25, 0.3) is 12.2 Å². The van der Waals surface area contributed by atoms with Crippen LogP contribution in [0.15, 0.2) is 48.5 Å². The van der Waals surface area contributed by atoms with Gasteiger partial charge in [0, 0.05) is 0 Å². The number of rotatable bonds is 2. The minimum atomic E-state index is 0. The lowest BCUT2D eigenvalue weighted by Gasteiger charge is -2.30. The number of nitrogens with zero attached hydrogens (tertiary/aromatic N) is 2. The number of fused-ring (bicyclic) bond motifs is 2. The van der Waals surface area contributed by atoms with E-state index in [-0.39, 0.29) is 18.3 Å². The zero-order valence-corrected chi connectivity index (χ0v) is 15.0. The zero-order chi connectivity index (χ0) is 16.4. The van der Waals surface area contributed by atoms with Crippen molar-refractivity contribution in [2.24, 2.45) is 0 Å². The summed E-state index contributed by atoms with van der Waals surface area (Å²) < 4.78 is 0. The van der Waals surface area contributed by atoms with E-state index in [1.165, 1.54) is 19.3 Å². The number of carbonyl (C=O) groups is 1. The quantitative estimate of drug-likeness (QED) is 0.777. The van der Waals surface area contributed by atoms with Gasteiger partial charge in [0.2, 0.25) is 5.91 Å². The normalized spacial score (nSPS) is 16.4. The highest BCUT2D eigenvalue weighted by atomic mass is 35.5. The summed E-state index contributed by atoms with van der Waals surface area (Å²) in [4.78, 5) is 17.4. The van der Waals surface area contributed by atoms with Gasteiger partial charge in [-0.2, -0.15) is 0 Å². The summed E-state index contributed by atoms with van der Waals surface area (Å²) >= 11 is 0. The molecule has 0 unspecified atom stereocenters. The molecule has 0 bridgehead atoms. The number of piperidine rings is 1. The summed E-state index contributed by atoms with van der Waals surface area (Å²) in [6, 6.07) is 16.3. The third-order valence-electron chi connectivity index (χ3n) is 4.85. The fourth-order valence-electron chi connectivity index (χ4n) is 3.62. The number of likely N-dealkylation sites (tertiary alicyclic amines) is 1. The minimum Gasteiger partial charge on any atom is -0.294 e. The van der Waals surface area contributed by atoms with E-state index in [1.54, 1.807) is 0 Å². The maximum Gasteiger partial charge on any atom is 0.245 e. The largest absolute Gasteiger partial charge is 0.294 e. The molecule has 4 heteroatoms. The molecule has 0 radical (unpaired) electrons. The van der Waals surface area contributed by atoms with Crippen LogP contribution in [0, 0.1) is 0 Å². The third-order valence-corrected chi connectivity index (χ3v) is 4.85. The van der Waals surface area contributed by atoms with Crippen LogP contribution in [0.2, 0.25) is 0 Å². The fourth-order valence-corrected chi connectivity index (χ4v) is 3.62. The molecule has 3 nitrogen and oxygen atoms in total. The summed E-state index contributed by atoms with van der Waals surface area (Å²) in [7, 11) is 0. The second kappa shape index (κ2) is 7.85. The molecule has 0 N–H and O–H groups in total. The Hall–Kier alpha value is -2.10. The van der Waals surface area contributed by atoms with E-state index in [2.05, 4.69) is 29.2 Å². The van der Waals surface area contributed by atoms with E-state index in [0.29, 0.717) is 6.54 Å². The molecule has 2 aromatic carbocycles. The molecule has 2 aliphatic heterocycles. The van der Waals surface area contributed by atoms with Crippen LogP contribution in [0.1, 0.15) is 30.4 Å². The summed E-state index contributed by atoms with van der Waals surface area (Å²) in [5, 5.41) is 0. The average molecular weight is 355 g/mol. The second-order valence-corrected chi connectivity index (χ2v) is 6.52. The fraction of sp³-hybridized carbons (Fsp3) is 0.286. The van der Waals surface area contributed by atoms with Gasteiger partial charge in [-0.3, -0.25) is 14.6 Å². The van der Waals surface area contributed by atoms with Crippen LogP contribution in [0.4, 0.5) is 11.4 Å². The van der Waals surface area contributed by atoms with E-state index < -0.39 is 0 Å². The molecule has 25 heavy (non-hydrogen) atoms. The molecular formula is C21H23ClN2O. The van der Waals surface area contributed by atoms with Crippen LogP contribution in [-0.4, -0.2) is 30.4 Å². The topological polar surface area (TPSA) is 23.6 Å². The number of para-hydroxylation sites is 2. The lowest BCUT2D eigenvalue weighted by Crippen LogP contribution is -2.40. The molecular weight excluding hydrogens is 332 g/mol. The Morgan fingerprint density at radius 2 is 1.32 bits per heavy atom. The predicted octanol–water partition coefficient (Wildman–Crippen LogP) is 4.74. The van der Waals surface area contributed by atoms with Crippen molar-refractivity contribution in [1.82, 2.24) is 4.90 Å². The van der Waals surface area contributed by atoms with Crippen LogP contribution < -0.4 is 4.90 Å². The molecule has 1 fully saturated rings. The average Bonchev–Trinajstić information content (AvgIpc) is 2.79. The minimum absolute atomic E-state index is 0. The molecule has 4 rings (SSSR count). The summed E-state index contributed by atoms with van der Waals surface area (Å²) in [5.74, 6) is 0.153. The Kier molecular flexibility index (Phi) is 5.57. The first-order chi connectivity index (χ1) is 11.8. The highest BCUT2D eigenvalue weighted by molar-refractivity contribution is 6.07. The molecule has 1 saturated heterocycles. The molecule has 2 aromatic rings. The molecule has 1 amide bonds. The van der Waals surface area contributed by atoms with Crippen LogP contribution in [0.3, 0.4) is 0 Å². The molecule has 130 valence electrons. The first-order valence-electron chi connectivity index (χ1n) is 8.74. The van der Waals surface area contributed by atoms with Gasteiger partial charge in [-0.05, 0) is 49.2 Å². The van der Waals surface area contributed by atoms with Gasteiger partial charge in [-0.1, -0.05) is 55.0 Å². The van der Waals surface area contributed by atoms with Gasteiger partial charge in [-0.15, -0.1) is 12.4 Å². The van der Waals surface area contributed by atoms with Crippen molar-refractivity contribution >= 4 is 41.8 Å². The van der Waals surface area contributed by atoms with Gasteiger partial charge in [0.1, 0.15) is 0 Å². The first kappa shape index (κ1) is 17.7. The monoisotopic (exact) mass is 354 g/mol. The number of carbonyl (C=O) groups excluding carboxylic acids is 1. The van der Waals surface area contributed by atoms with Gasteiger partial charge in [-0.25, -0.2) is 0 Å². The van der Waals surface area contributed by atoms with Crippen LogP contribution in [-0.2, 0) is 4.79 Å². The Morgan fingerprint density at radius 3 is 1.88 bits per heavy atom. The standard InChI is InChI=1S/C21H22N2O.ClH/c24-21(16-22-14-6-1-7-15-22)23-19-10-4-2-8-17(19)12-13-18-9-3-5-11-20(18)23;/h2-5,8-13H,1,6-7,14-16H2;1H. The number of benzene rings is 2. The molecule has 0 atom stereocenters. The number of hydrogen-bond acceptors (Lipinski definition) is 2. The molecule has 0 aromatic heterocycles. The molecule has 2 aliphatic rings. The van der Waals surface area contributed by atoms with Crippen molar-refractivity contribution in [2.45, 2.75) is 19.3 Å². The zero-order valence-electron chi connectivity index (χ0n) is 14.2. The Labute approximate surface area is 155 Å². The molecule has 2 heterocycles. The molecule has 0 saturated carbocycles. The Bertz CT molecular complexity index is 731. The lowest BCUT2D eigenvalue weighted by molar-refractivity contribution is -0.119. The maximum atomic E-state index is 13.2. The van der Waals surface area contributed by atoms with Crippen LogP contribution in [0.5, 0.6) is 0 Å². The van der Waals surface area contributed by atoms with Crippen molar-refractivity contribution in [2.75, 3.05) is 24.5 Å². The van der Waals surface area contributed by atoms with Gasteiger partial charge in [0.25, 0.3) is 0 Å². The van der Waals surface area contributed by atoms with Crippen molar-refractivity contribution < 1.29 is 4.79 Å². The summed E-state index contributed by atoms with van der Waals surface area (Å²) in [6.45, 7) is 2.55. The number of amides is 1. The summed E-state index contributed by atoms with van der Waals surface area (Å²) in [5.41, 5.74) is 4.11. The van der Waals surface area contributed by atoms with Crippen LogP contribution >= 0.6 is 12.4 Å². The Morgan fingerprint density at radius 1 is 0.800 bits per heavy atom. The number of hydrogen-bond donors (Lipinski definition) is 0. The smallest absolute Gasteiger partial charge is 0.245 e. The van der Waals surface area contributed by atoms with E-state index in [0.717, 1.165) is 35.6 Å². The molecule has 0 aliphatic carbocycles. The second-order valence-electron chi connectivity index (χ2n) is 6.52. The van der Waals surface area contributed by atoms with Crippen molar-refractivity contribution in [3.8, 4) is 0 Å². The SMILES string of the molecule is Cl.O=C(CN1CCCCC1)N1c2ccccc2C=Cc2ccccc21. The Balaban J connectivity index is 0.00000182. The number of halogens is 1. The first-order valence-corrected chi connectivity index (χ1v) is 8.74. The van der Waals surface area contributed by atoms with Crippen molar-refractivity contribution in [3.63, 3.8) is 0 Å². The van der Waals surface area contributed by atoms with Crippen molar-refractivity contribution in [3.05, 3.63) is 59.7 Å². The maximum absolute atomic E-state index is 13.2. The van der Waals surface area contributed by atoms with Gasteiger partial charge in [0.05, 0.1) is 17.9 Å². The third kappa shape index (κ3) is 3.63.